The number of anilines is 1. The van der Waals surface area contributed by atoms with Crippen LogP contribution in [0.4, 0.5) is 10.5 Å². The van der Waals surface area contributed by atoms with E-state index in [0.717, 1.165) is 5.19 Å². The second-order valence-electron chi connectivity index (χ2n) is 4.76. The first-order valence-electron chi connectivity index (χ1n) is 5.59. The van der Waals surface area contributed by atoms with Crippen LogP contribution < -0.4 is 10.5 Å². The summed E-state index contributed by atoms with van der Waals surface area (Å²) in [6.07, 6.45) is -0.458. The van der Waals surface area contributed by atoms with Crippen LogP contribution in [0.2, 0.25) is 24.7 Å². The Bertz CT molecular complexity index is 415. The first-order valence-corrected chi connectivity index (χ1v) is 9.46. The minimum Gasteiger partial charge on any atom is -0.450 e. The standard InChI is InChI=1S/C12H18ClNO2Si/c1-5-16-12(15)14-11-9(13)7-6-8-10(11)17(2,3)4/h6-8H,5H2,1-4H3,(H,14,15). The topological polar surface area (TPSA) is 38.3 Å². The minimum atomic E-state index is -1.55. The maximum absolute atomic E-state index is 11.5. The number of amides is 1. The van der Waals surface area contributed by atoms with Gasteiger partial charge in [0, 0.05) is 0 Å². The minimum absolute atomic E-state index is 0.346. The van der Waals surface area contributed by atoms with Crippen molar-refractivity contribution in [2.45, 2.75) is 26.6 Å². The fourth-order valence-electron chi connectivity index (χ4n) is 1.55. The highest BCUT2D eigenvalue weighted by Crippen LogP contribution is 2.22. The molecule has 1 amide bonds. The molecule has 0 spiro atoms. The van der Waals surface area contributed by atoms with Crippen molar-refractivity contribution in [3.8, 4) is 0 Å². The Morgan fingerprint density at radius 3 is 2.59 bits per heavy atom. The van der Waals surface area contributed by atoms with E-state index in [-0.39, 0.29) is 0 Å². The third-order valence-corrected chi connectivity index (χ3v) is 4.67. The summed E-state index contributed by atoms with van der Waals surface area (Å²) in [5, 5.41) is 4.40. The average Bonchev–Trinajstić information content (AvgIpc) is 2.19. The molecule has 0 saturated carbocycles. The third kappa shape index (κ3) is 3.75. The van der Waals surface area contributed by atoms with E-state index in [1.54, 1.807) is 13.0 Å². The van der Waals surface area contributed by atoms with Gasteiger partial charge >= 0.3 is 6.09 Å². The molecule has 17 heavy (non-hydrogen) atoms. The molecule has 94 valence electrons. The van der Waals surface area contributed by atoms with Gasteiger partial charge in [0.2, 0.25) is 0 Å². The van der Waals surface area contributed by atoms with Gasteiger partial charge in [-0.1, -0.05) is 43.4 Å². The van der Waals surface area contributed by atoms with Gasteiger partial charge in [-0.2, -0.15) is 0 Å². The number of benzene rings is 1. The molecule has 1 rings (SSSR count). The molecule has 5 heteroatoms. The largest absolute Gasteiger partial charge is 0.450 e. The van der Waals surface area contributed by atoms with E-state index < -0.39 is 14.2 Å². The molecular weight excluding hydrogens is 254 g/mol. The maximum atomic E-state index is 11.5. The molecule has 1 N–H and O–H groups in total. The zero-order chi connectivity index (χ0) is 13.1. The molecule has 0 aliphatic carbocycles. The van der Waals surface area contributed by atoms with E-state index in [1.807, 2.05) is 12.1 Å². The van der Waals surface area contributed by atoms with Gasteiger partial charge in [0.05, 0.1) is 25.4 Å². The summed E-state index contributed by atoms with van der Waals surface area (Å²) in [7, 11) is -1.55. The van der Waals surface area contributed by atoms with Crippen LogP contribution in [-0.4, -0.2) is 20.8 Å². The highest BCUT2D eigenvalue weighted by Gasteiger charge is 2.22. The summed E-state index contributed by atoms with van der Waals surface area (Å²) in [5.41, 5.74) is 0.687. The number of carbonyl (C=O) groups excluding carboxylic acids is 1. The SMILES string of the molecule is CCOC(=O)Nc1c(Cl)cccc1[Si](C)(C)C. The van der Waals surface area contributed by atoms with Gasteiger partial charge in [-0.05, 0) is 18.2 Å². The van der Waals surface area contributed by atoms with Gasteiger partial charge in [0.15, 0.2) is 0 Å². The predicted molar refractivity (Wildman–Crippen MR) is 75.1 cm³/mol. The number of hydrogen-bond donors (Lipinski definition) is 1. The molecule has 0 radical (unpaired) electrons. The molecular formula is C12H18ClNO2Si. The third-order valence-electron chi connectivity index (χ3n) is 2.32. The zero-order valence-corrected chi connectivity index (χ0v) is 12.4. The van der Waals surface area contributed by atoms with E-state index in [2.05, 4.69) is 25.0 Å². The van der Waals surface area contributed by atoms with Gasteiger partial charge in [0.1, 0.15) is 0 Å². The highest BCUT2D eigenvalue weighted by molar-refractivity contribution is 6.90. The maximum Gasteiger partial charge on any atom is 0.411 e. The molecule has 0 unspecified atom stereocenters. The number of carbonyl (C=O) groups is 1. The molecule has 0 atom stereocenters. The molecule has 3 nitrogen and oxygen atoms in total. The monoisotopic (exact) mass is 271 g/mol. The first kappa shape index (κ1) is 14.1. The molecule has 0 saturated heterocycles. The van der Waals surface area contributed by atoms with Crippen molar-refractivity contribution in [1.82, 2.24) is 0 Å². The van der Waals surface area contributed by atoms with Crippen molar-refractivity contribution in [2.75, 3.05) is 11.9 Å². The van der Waals surface area contributed by atoms with E-state index in [4.69, 9.17) is 16.3 Å². The van der Waals surface area contributed by atoms with Crippen LogP contribution in [0.25, 0.3) is 0 Å². The van der Waals surface area contributed by atoms with Crippen molar-refractivity contribution in [3.05, 3.63) is 23.2 Å². The molecule has 0 heterocycles. The molecule has 0 fully saturated rings. The molecule has 0 aromatic heterocycles. The predicted octanol–water partition coefficient (Wildman–Crippen LogP) is 3.45. The summed E-state index contributed by atoms with van der Waals surface area (Å²) in [6, 6.07) is 5.69. The quantitative estimate of drug-likeness (QED) is 0.855. The Labute approximate surface area is 108 Å². The van der Waals surface area contributed by atoms with E-state index >= 15 is 0 Å². The Morgan fingerprint density at radius 2 is 2.06 bits per heavy atom. The summed E-state index contributed by atoms with van der Waals surface area (Å²) in [5.74, 6) is 0. The number of para-hydroxylation sites is 1. The number of halogens is 1. The lowest BCUT2D eigenvalue weighted by molar-refractivity contribution is 0.168. The van der Waals surface area contributed by atoms with Crippen LogP contribution in [0.3, 0.4) is 0 Å². The van der Waals surface area contributed by atoms with Crippen molar-refractivity contribution >= 4 is 36.6 Å². The second kappa shape index (κ2) is 5.56. The van der Waals surface area contributed by atoms with Crippen LogP contribution in [0.1, 0.15) is 6.92 Å². The van der Waals surface area contributed by atoms with Gasteiger partial charge < -0.3 is 4.74 Å². The van der Waals surface area contributed by atoms with E-state index in [1.165, 1.54) is 0 Å². The van der Waals surface area contributed by atoms with Crippen LogP contribution in [-0.2, 0) is 4.74 Å². The van der Waals surface area contributed by atoms with Crippen molar-refractivity contribution in [3.63, 3.8) is 0 Å². The average molecular weight is 272 g/mol. The zero-order valence-electron chi connectivity index (χ0n) is 10.6. The number of ether oxygens (including phenoxy) is 1. The van der Waals surface area contributed by atoms with Gasteiger partial charge in [0.25, 0.3) is 0 Å². The Kier molecular flexibility index (Phi) is 4.59. The van der Waals surface area contributed by atoms with Gasteiger partial charge in [-0.15, -0.1) is 0 Å². The van der Waals surface area contributed by atoms with Crippen molar-refractivity contribution < 1.29 is 9.53 Å². The second-order valence-corrected chi connectivity index (χ2v) is 10.2. The highest BCUT2D eigenvalue weighted by atomic mass is 35.5. The Balaban J connectivity index is 3.09. The molecule has 0 bridgehead atoms. The molecule has 1 aromatic carbocycles. The lowest BCUT2D eigenvalue weighted by Crippen LogP contribution is -2.40. The number of hydrogen-bond acceptors (Lipinski definition) is 2. The number of rotatable bonds is 3. The lowest BCUT2D eigenvalue weighted by atomic mass is 10.3. The molecule has 1 aromatic rings. The van der Waals surface area contributed by atoms with Crippen LogP contribution >= 0.6 is 11.6 Å². The van der Waals surface area contributed by atoms with E-state index in [9.17, 15) is 4.79 Å². The smallest absolute Gasteiger partial charge is 0.411 e. The fraction of sp³-hybridized carbons (Fsp3) is 0.417. The van der Waals surface area contributed by atoms with Crippen LogP contribution in [0, 0.1) is 0 Å². The fourth-order valence-corrected chi connectivity index (χ4v) is 3.39. The van der Waals surface area contributed by atoms with Crippen LogP contribution in [0.15, 0.2) is 18.2 Å². The van der Waals surface area contributed by atoms with Crippen LogP contribution in [0.5, 0.6) is 0 Å². The summed E-state index contributed by atoms with van der Waals surface area (Å²) in [6.45, 7) is 8.73. The van der Waals surface area contributed by atoms with E-state index in [0.29, 0.717) is 17.3 Å². The van der Waals surface area contributed by atoms with Gasteiger partial charge in [-0.25, -0.2) is 4.79 Å². The van der Waals surface area contributed by atoms with Crippen molar-refractivity contribution in [2.24, 2.45) is 0 Å². The number of nitrogens with one attached hydrogen (secondary N) is 1. The summed E-state index contributed by atoms with van der Waals surface area (Å²) in [4.78, 5) is 11.5. The molecule has 0 aliphatic rings. The summed E-state index contributed by atoms with van der Waals surface area (Å²) < 4.78 is 4.88. The molecule has 0 aliphatic heterocycles. The lowest BCUT2D eigenvalue weighted by Gasteiger charge is -2.21. The summed E-state index contributed by atoms with van der Waals surface area (Å²) >= 11 is 6.13. The Hall–Kier alpha value is -1.00. The normalized spacial score (nSPS) is 11.1. The van der Waals surface area contributed by atoms with Crippen molar-refractivity contribution in [1.29, 1.82) is 0 Å². The Morgan fingerprint density at radius 1 is 1.41 bits per heavy atom. The first-order chi connectivity index (χ1) is 7.86. The van der Waals surface area contributed by atoms with Gasteiger partial charge in [-0.3, -0.25) is 5.32 Å².